The standard InChI is InChI=1S/C7H10N2O3S/c1-5-3-7(9-4-6(5)8)12-13(2,10)11/h3-4H,8H2,1-2H3. The Kier molecular flexibility index (Phi) is 2.42. The maximum absolute atomic E-state index is 10.7. The quantitative estimate of drug-likeness (QED) is 0.698. The lowest BCUT2D eigenvalue weighted by molar-refractivity contribution is 0.482. The first kappa shape index (κ1) is 9.79. The molecule has 5 nitrogen and oxygen atoms in total. The highest BCUT2D eigenvalue weighted by Crippen LogP contribution is 2.15. The van der Waals surface area contributed by atoms with Crippen LogP contribution in [0.5, 0.6) is 5.88 Å². The molecule has 0 saturated carbocycles. The fourth-order valence-corrected chi connectivity index (χ4v) is 1.14. The van der Waals surface area contributed by atoms with Crippen LogP contribution in [-0.2, 0) is 10.1 Å². The molecule has 0 bridgehead atoms. The zero-order chi connectivity index (χ0) is 10.1. The Hall–Kier alpha value is -1.30. The number of hydrogen-bond donors (Lipinski definition) is 1. The largest absolute Gasteiger partial charge is 0.397 e. The van der Waals surface area contributed by atoms with Crippen LogP contribution in [0.2, 0.25) is 0 Å². The zero-order valence-corrected chi connectivity index (χ0v) is 8.13. The summed E-state index contributed by atoms with van der Waals surface area (Å²) >= 11 is 0. The highest BCUT2D eigenvalue weighted by atomic mass is 32.2. The molecule has 0 aliphatic rings. The van der Waals surface area contributed by atoms with Crippen LogP contribution in [0.25, 0.3) is 0 Å². The molecule has 0 radical (unpaired) electrons. The van der Waals surface area contributed by atoms with Crippen LogP contribution in [0.3, 0.4) is 0 Å². The monoisotopic (exact) mass is 202 g/mol. The Morgan fingerprint density at radius 1 is 1.54 bits per heavy atom. The number of rotatable bonds is 2. The van der Waals surface area contributed by atoms with E-state index in [2.05, 4.69) is 9.17 Å². The molecule has 0 spiro atoms. The van der Waals surface area contributed by atoms with Gasteiger partial charge in [-0.15, -0.1) is 0 Å². The van der Waals surface area contributed by atoms with Crippen LogP contribution in [0.15, 0.2) is 12.3 Å². The van der Waals surface area contributed by atoms with E-state index < -0.39 is 10.1 Å². The van der Waals surface area contributed by atoms with E-state index in [1.165, 1.54) is 12.3 Å². The number of aromatic nitrogens is 1. The summed E-state index contributed by atoms with van der Waals surface area (Å²) in [5, 5.41) is 0. The maximum atomic E-state index is 10.7. The van der Waals surface area contributed by atoms with Gasteiger partial charge in [0.05, 0.1) is 18.1 Å². The van der Waals surface area contributed by atoms with E-state index >= 15 is 0 Å². The molecule has 0 unspecified atom stereocenters. The first-order chi connectivity index (χ1) is 5.88. The van der Waals surface area contributed by atoms with E-state index in [4.69, 9.17) is 5.73 Å². The summed E-state index contributed by atoms with van der Waals surface area (Å²) in [5.74, 6) is 0.0363. The van der Waals surface area contributed by atoms with Crippen molar-refractivity contribution in [2.45, 2.75) is 6.92 Å². The van der Waals surface area contributed by atoms with Gasteiger partial charge in [-0.1, -0.05) is 0 Å². The number of anilines is 1. The molecule has 1 heterocycles. The molecule has 0 aliphatic carbocycles. The van der Waals surface area contributed by atoms with Gasteiger partial charge in [0.25, 0.3) is 0 Å². The van der Waals surface area contributed by atoms with E-state index in [1.54, 1.807) is 6.92 Å². The predicted octanol–water partition coefficient (Wildman–Crippen LogP) is 0.311. The zero-order valence-electron chi connectivity index (χ0n) is 7.31. The predicted molar refractivity (Wildman–Crippen MR) is 48.9 cm³/mol. The normalized spacial score (nSPS) is 11.2. The average molecular weight is 202 g/mol. The Bertz CT molecular complexity index is 414. The number of nitrogens with two attached hydrogens (primary N) is 1. The maximum Gasteiger partial charge on any atom is 0.307 e. The lowest BCUT2D eigenvalue weighted by Crippen LogP contribution is -2.07. The SMILES string of the molecule is Cc1cc(OS(C)(=O)=O)ncc1N. The third kappa shape index (κ3) is 2.90. The first-order valence-corrected chi connectivity index (χ1v) is 5.32. The second kappa shape index (κ2) is 3.21. The second-order valence-electron chi connectivity index (χ2n) is 2.67. The summed E-state index contributed by atoms with van der Waals surface area (Å²) in [6, 6.07) is 1.47. The van der Waals surface area contributed by atoms with Gasteiger partial charge in [-0.25, -0.2) is 4.98 Å². The van der Waals surface area contributed by atoms with Crippen molar-refractivity contribution in [1.29, 1.82) is 0 Å². The number of nitrogens with zero attached hydrogens (tertiary/aromatic N) is 1. The Balaban J connectivity index is 2.99. The van der Waals surface area contributed by atoms with Crippen LogP contribution in [0.4, 0.5) is 5.69 Å². The first-order valence-electron chi connectivity index (χ1n) is 3.50. The highest BCUT2D eigenvalue weighted by Gasteiger charge is 2.06. The fourth-order valence-electron chi connectivity index (χ4n) is 0.741. The van der Waals surface area contributed by atoms with Crippen LogP contribution < -0.4 is 9.92 Å². The minimum Gasteiger partial charge on any atom is -0.397 e. The summed E-state index contributed by atoms with van der Waals surface area (Å²) in [5.41, 5.74) is 6.72. The molecule has 1 aromatic heterocycles. The van der Waals surface area contributed by atoms with Crippen LogP contribution in [0.1, 0.15) is 5.56 Å². The van der Waals surface area contributed by atoms with Gasteiger partial charge in [0.15, 0.2) is 0 Å². The number of nitrogen functional groups attached to an aromatic ring is 1. The summed E-state index contributed by atoms with van der Waals surface area (Å²) in [6.07, 6.45) is 2.32. The van der Waals surface area contributed by atoms with E-state index in [0.717, 1.165) is 11.8 Å². The molecule has 0 fully saturated rings. The summed E-state index contributed by atoms with van der Waals surface area (Å²) in [4.78, 5) is 3.70. The molecule has 2 N–H and O–H groups in total. The molecule has 1 aromatic rings. The van der Waals surface area contributed by atoms with Crippen molar-refractivity contribution in [2.75, 3.05) is 12.0 Å². The van der Waals surface area contributed by atoms with Crippen molar-refractivity contribution in [2.24, 2.45) is 0 Å². The Labute approximate surface area is 76.7 Å². The molecule has 0 atom stereocenters. The minimum absolute atomic E-state index is 0.0363. The molecule has 72 valence electrons. The van der Waals surface area contributed by atoms with Crippen LogP contribution >= 0.6 is 0 Å². The van der Waals surface area contributed by atoms with E-state index in [-0.39, 0.29) is 5.88 Å². The smallest absolute Gasteiger partial charge is 0.307 e. The third-order valence-corrected chi connectivity index (χ3v) is 1.84. The van der Waals surface area contributed by atoms with E-state index in [9.17, 15) is 8.42 Å². The minimum atomic E-state index is -3.51. The summed E-state index contributed by atoms with van der Waals surface area (Å²) in [6.45, 7) is 1.74. The van der Waals surface area contributed by atoms with Gasteiger partial charge in [0.2, 0.25) is 5.88 Å². The van der Waals surface area contributed by atoms with Crippen molar-refractivity contribution in [3.63, 3.8) is 0 Å². The number of aryl methyl sites for hydroxylation is 1. The summed E-state index contributed by atoms with van der Waals surface area (Å²) in [7, 11) is -3.51. The molecule has 13 heavy (non-hydrogen) atoms. The van der Waals surface area contributed by atoms with Gasteiger partial charge < -0.3 is 9.92 Å². The molecule has 0 saturated heterocycles. The van der Waals surface area contributed by atoms with Crippen molar-refractivity contribution in [3.8, 4) is 5.88 Å². The highest BCUT2D eigenvalue weighted by molar-refractivity contribution is 7.86. The van der Waals surface area contributed by atoms with Crippen LogP contribution in [0, 0.1) is 6.92 Å². The van der Waals surface area contributed by atoms with Gasteiger partial charge in [0.1, 0.15) is 0 Å². The van der Waals surface area contributed by atoms with Crippen LogP contribution in [-0.4, -0.2) is 19.7 Å². The van der Waals surface area contributed by atoms with Gasteiger partial charge in [-0.2, -0.15) is 8.42 Å². The number of hydrogen-bond acceptors (Lipinski definition) is 5. The molecule has 1 rings (SSSR count). The third-order valence-electron chi connectivity index (χ3n) is 1.36. The molecular weight excluding hydrogens is 192 g/mol. The topological polar surface area (TPSA) is 82.3 Å². The van der Waals surface area contributed by atoms with Gasteiger partial charge in [0, 0.05) is 6.07 Å². The van der Waals surface area contributed by atoms with E-state index in [0.29, 0.717) is 5.69 Å². The lowest BCUT2D eigenvalue weighted by Gasteiger charge is -2.03. The van der Waals surface area contributed by atoms with Crippen molar-refractivity contribution in [1.82, 2.24) is 4.98 Å². The van der Waals surface area contributed by atoms with Gasteiger partial charge in [-0.3, -0.25) is 0 Å². The Morgan fingerprint density at radius 2 is 2.15 bits per heavy atom. The molecule has 0 aromatic carbocycles. The lowest BCUT2D eigenvalue weighted by atomic mass is 10.2. The average Bonchev–Trinajstić information content (AvgIpc) is 1.94. The summed E-state index contributed by atoms with van der Waals surface area (Å²) < 4.78 is 25.9. The number of pyridine rings is 1. The molecule has 0 aliphatic heterocycles. The van der Waals surface area contributed by atoms with Crippen molar-refractivity contribution < 1.29 is 12.6 Å². The molecule has 0 amide bonds. The Morgan fingerprint density at radius 3 is 2.62 bits per heavy atom. The van der Waals surface area contributed by atoms with Crippen molar-refractivity contribution in [3.05, 3.63) is 17.8 Å². The van der Waals surface area contributed by atoms with Gasteiger partial charge >= 0.3 is 10.1 Å². The molecule has 6 heteroatoms. The molecular formula is C7H10N2O3S. The van der Waals surface area contributed by atoms with E-state index in [1.807, 2.05) is 0 Å². The van der Waals surface area contributed by atoms with Crippen molar-refractivity contribution >= 4 is 15.8 Å². The second-order valence-corrected chi connectivity index (χ2v) is 4.24. The fraction of sp³-hybridized carbons (Fsp3) is 0.286. The van der Waals surface area contributed by atoms with Gasteiger partial charge in [-0.05, 0) is 12.5 Å².